The van der Waals surface area contributed by atoms with Crippen LogP contribution in [-0.4, -0.2) is 58.1 Å². The number of aromatic hydroxyl groups is 1. The van der Waals surface area contributed by atoms with Gasteiger partial charge in [0.1, 0.15) is 42.5 Å². The van der Waals surface area contributed by atoms with E-state index in [2.05, 4.69) is 5.32 Å². The van der Waals surface area contributed by atoms with E-state index in [4.69, 9.17) is 0 Å². The molecule has 34 heavy (non-hydrogen) atoms. The molecule has 2 bridgehead atoms. The minimum atomic E-state index is -1.71. The van der Waals surface area contributed by atoms with Crippen LogP contribution in [-0.2, 0) is 6.54 Å². The Labute approximate surface area is 189 Å². The maximum absolute atomic E-state index is 14.6. The van der Waals surface area contributed by atoms with Gasteiger partial charge in [0.05, 0.1) is 6.04 Å². The van der Waals surface area contributed by atoms with Gasteiger partial charge in [0, 0.05) is 42.9 Å². The number of nitrogens with zero attached hydrogens (tertiary/aromatic N) is 3. The van der Waals surface area contributed by atoms with Gasteiger partial charge in [-0.25, -0.2) is 22.0 Å². The number of amides is 2. The number of nitrogens with one attached hydrogen (secondary N) is 1. The number of fused-ring (bicyclic) bond motifs is 4. The smallest absolute Gasteiger partial charge is 0.278 e. The standard InChI is InChI=1S/C21H19F5N4O4/c1-9-2-15(26)16(5-22)28-8-30(9)29-7-12(18(31)19(32)17(29)21(28)34)20(33)27-6-11-13(24)3-10(23)4-14(11)25/h3-4,7,9,15-16,32H,2,5-6,8H2,1H3,(H,27,33)/t9-,15+,16+/m1/s1. The zero-order valence-electron chi connectivity index (χ0n) is 17.7. The molecule has 1 aromatic heterocycles. The lowest BCUT2D eigenvalue weighted by molar-refractivity contribution is 0.0475. The zero-order valence-corrected chi connectivity index (χ0v) is 17.7. The van der Waals surface area contributed by atoms with Gasteiger partial charge < -0.3 is 15.3 Å². The van der Waals surface area contributed by atoms with Crippen LogP contribution in [0.15, 0.2) is 23.1 Å². The topological polar surface area (TPSA) is 94.9 Å². The molecule has 1 saturated heterocycles. The minimum Gasteiger partial charge on any atom is -0.502 e. The Bertz CT molecular complexity index is 1210. The summed E-state index contributed by atoms with van der Waals surface area (Å²) in [5.41, 5.74) is -3.15. The Morgan fingerprint density at radius 2 is 1.85 bits per heavy atom. The maximum Gasteiger partial charge on any atom is 0.278 e. The molecule has 2 aliphatic heterocycles. The van der Waals surface area contributed by atoms with Crippen molar-refractivity contribution in [3.05, 3.63) is 62.8 Å². The highest BCUT2D eigenvalue weighted by molar-refractivity contribution is 5.99. The summed E-state index contributed by atoms with van der Waals surface area (Å²) in [5, 5.41) is 14.0. The van der Waals surface area contributed by atoms with Crippen molar-refractivity contribution in [2.45, 2.75) is 38.1 Å². The van der Waals surface area contributed by atoms with Crippen LogP contribution in [0.4, 0.5) is 22.0 Å². The summed E-state index contributed by atoms with van der Waals surface area (Å²) in [7, 11) is 0. The lowest BCUT2D eigenvalue weighted by Crippen LogP contribution is -2.58. The summed E-state index contributed by atoms with van der Waals surface area (Å²) in [6.45, 7) is -0.597. The van der Waals surface area contributed by atoms with Crippen LogP contribution in [0.5, 0.6) is 5.75 Å². The van der Waals surface area contributed by atoms with Crippen LogP contribution in [0, 0.1) is 17.5 Å². The highest BCUT2D eigenvalue weighted by Crippen LogP contribution is 2.30. The number of carbonyl (C=O) groups excluding carboxylic acids is 2. The number of benzene rings is 1. The molecule has 0 unspecified atom stereocenters. The molecular formula is C21H19F5N4O4. The van der Waals surface area contributed by atoms with Crippen LogP contribution in [0.3, 0.4) is 0 Å². The Balaban J connectivity index is 1.71. The summed E-state index contributed by atoms with van der Waals surface area (Å²) < 4.78 is 69.9. The second kappa shape index (κ2) is 8.61. The molecule has 8 nitrogen and oxygen atoms in total. The van der Waals surface area contributed by atoms with E-state index in [1.807, 2.05) is 0 Å². The molecule has 4 rings (SSSR count). The summed E-state index contributed by atoms with van der Waals surface area (Å²) in [4.78, 5) is 39.1. The van der Waals surface area contributed by atoms with Gasteiger partial charge in [-0.2, -0.15) is 0 Å². The predicted octanol–water partition coefficient (Wildman–Crippen LogP) is 1.72. The first-order valence-corrected chi connectivity index (χ1v) is 10.2. The molecule has 2 N–H and O–H groups in total. The summed E-state index contributed by atoms with van der Waals surface area (Å²) >= 11 is 0. The van der Waals surface area contributed by atoms with Crippen molar-refractivity contribution in [2.24, 2.45) is 0 Å². The summed E-state index contributed by atoms with van der Waals surface area (Å²) in [6, 6.07) is -1.19. The molecule has 3 atom stereocenters. The van der Waals surface area contributed by atoms with Gasteiger partial charge in [-0.15, -0.1) is 0 Å². The van der Waals surface area contributed by atoms with E-state index in [-0.39, 0.29) is 13.1 Å². The molecule has 1 aromatic carbocycles. The fraction of sp³-hybridized carbons (Fsp3) is 0.381. The minimum absolute atomic E-state index is 0.171. The normalized spacial score (nSPS) is 21.8. The van der Waals surface area contributed by atoms with E-state index in [9.17, 15) is 41.4 Å². The highest BCUT2D eigenvalue weighted by atomic mass is 19.2. The third kappa shape index (κ3) is 3.74. The summed E-state index contributed by atoms with van der Waals surface area (Å²) in [5.74, 6) is -6.91. The van der Waals surface area contributed by atoms with Crippen molar-refractivity contribution in [2.75, 3.05) is 18.4 Å². The maximum atomic E-state index is 14.6. The van der Waals surface area contributed by atoms with Crippen molar-refractivity contribution in [3.8, 4) is 5.75 Å². The second-order valence-corrected chi connectivity index (χ2v) is 8.12. The first-order valence-electron chi connectivity index (χ1n) is 10.2. The van der Waals surface area contributed by atoms with Gasteiger partial charge in [0.25, 0.3) is 11.8 Å². The lowest BCUT2D eigenvalue weighted by Gasteiger charge is -2.41. The fourth-order valence-electron chi connectivity index (χ4n) is 4.17. The molecule has 3 heterocycles. The summed E-state index contributed by atoms with van der Waals surface area (Å²) in [6.07, 6.45) is -0.935. The molecule has 1 fully saturated rings. The molecule has 182 valence electrons. The van der Waals surface area contributed by atoms with E-state index in [0.29, 0.717) is 12.1 Å². The first kappa shape index (κ1) is 23.5. The molecule has 0 radical (unpaired) electrons. The number of hydrogen-bond donors (Lipinski definition) is 2. The van der Waals surface area contributed by atoms with E-state index < -0.39 is 88.7 Å². The van der Waals surface area contributed by atoms with Crippen molar-refractivity contribution in [1.82, 2.24) is 14.9 Å². The second-order valence-electron chi connectivity index (χ2n) is 8.12. The molecule has 13 heteroatoms. The van der Waals surface area contributed by atoms with Crippen molar-refractivity contribution in [1.29, 1.82) is 0 Å². The van der Waals surface area contributed by atoms with Crippen LogP contribution < -0.4 is 15.8 Å². The number of aromatic nitrogens is 1. The van der Waals surface area contributed by atoms with Crippen molar-refractivity contribution >= 4 is 11.8 Å². The van der Waals surface area contributed by atoms with E-state index in [1.54, 1.807) is 6.92 Å². The largest absolute Gasteiger partial charge is 0.502 e. The highest BCUT2D eigenvalue weighted by Gasteiger charge is 2.44. The number of hydrogen-bond acceptors (Lipinski definition) is 5. The fourth-order valence-corrected chi connectivity index (χ4v) is 4.17. The van der Waals surface area contributed by atoms with Gasteiger partial charge >= 0.3 is 0 Å². The van der Waals surface area contributed by atoms with Crippen LogP contribution in [0.1, 0.15) is 39.8 Å². The van der Waals surface area contributed by atoms with Crippen molar-refractivity contribution < 1.29 is 36.6 Å². The number of halogens is 5. The lowest BCUT2D eigenvalue weighted by atomic mass is 10.1. The molecular weight excluding hydrogens is 467 g/mol. The molecule has 2 amide bonds. The van der Waals surface area contributed by atoms with Gasteiger partial charge in [-0.1, -0.05) is 0 Å². The molecule has 0 spiro atoms. The van der Waals surface area contributed by atoms with Crippen molar-refractivity contribution in [3.63, 3.8) is 0 Å². The zero-order chi connectivity index (χ0) is 24.9. The average Bonchev–Trinajstić information content (AvgIpc) is 2.87. The Kier molecular flexibility index (Phi) is 5.96. The van der Waals surface area contributed by atoms with Crippen LogP contribution in [0.25, 0.3) is 0 Å². The van der Waals surface area contributed by atoms with Crippen LogP contribution >= 0.6 is 0 Å². The third-order valence-electron chi connectivity index (χ3n) is 6.03. The Morgan fingerprint density at radius 1 is 1.21 bits per heavy atom. The van der Waals surface area contributed by atoms with Gasteiger partial charge in [0.2, 0.25) is 5.43 Å². The number of rotatable bonds is 4. The first-order chi connectivity index (χ1) is 16.0. The van der Waals surface area contributed by atoms with Gasteiger partial charge in [-0.05, 0) is 6.92 Å². The Morgan fingerprint density at radius 3 is 2.47 bits per heavy atom. The molecule has 2 aliphatic rings. The van der Waals surface area contributed by atoms with E-state index in [1.165, 1.54) is 5.01 Å². The van der Waals surface area contributed by atoms with E-state index >= 15 is 0 Å². The molecule has 0 aliphatic carbocycles. The number of alkyl halides is 2. The number of pyridine rings is 1. The molecule has 0 saturated carbocycles. The van der Waals surface area contributed by atoms with Gasteiger partial charge in [-0.3, -0.25) is 24.1 Å². The molecule has 2 aromatic rings. The SMILES string of the molecule is C[C@@H]1C[C@H](F)[C@H](CF)N2CN1n1cc(C(=O)NCc3c(F)cc(F)cc3F)c(=O)c(O)c1C2=O. The van der Waals surface area contributed by atoms with Crippen LogP contribution in [0.2, 0.25) is 0 Å². The monoisotopic (exact) mass is 486 g/mol. The third-order valence-corrected chi connectivity index (χ3v) is 6.03. The predicted molar refractivity (Wildman–Crippen MR) is 108 cm³/mol. The average molecular weight is 486 g/mol. The number of carbonyl (C=O) groups is 2. The quantitative estimate of drug-likeness (QED) is 0.642. The Hall–Kier alpha value is -3.64. The van der Waals surface area contributed by atoms with E-state index in [0.717, 1.165) is 15.8 Å². The van der Waals surface area contributed by atoms with Gasteiger partial charge in [0.15, 0.2) is 11.4 Å².